The van der Waals surface area contributed by atoms with Crippen LogP contribution in [0.25, 0.3) is 0 Å². The minimum Gasteiger partial charge on any atom is -0.352 e. The van der Waals surface area contributed by atoms with Crippen LogP contribution in [0.1, 0.15) is 37.0 Å². The number of nitrogens with one attached hydrogen (secondary N) is 1. The van der Waals surface area contributed by atoms with Crippen molar-refractivity contribution in [3.8, 4) is 0 Å². The maximum absolute atomic E-state index is 14.6. The Balaban J connectivity index is 1.89. The second-order valence-electron chi connectivity index (χ2n) is 11.2. The third-order valence-corrected chi connectivity index (χ3v) is 10.6. The van der Waals surface area contributed by atoms with Crippen LogP contribution in [0.3, 0.4) is 0 Å². The molecule has 0 spiro atoms. The molecule has 0 saturated carbocycles. The molecule has 49 heavy (non-hydrogen) atoms. The Bertz CT molecular complexity index is 1860. The lowest BCUT2D eigenvalue weighted by Gasteiger charge is -2.34. The minimum atomic E-state index is -4.93. The molecule has 0 aliphatic rings. The lowest BCUT2D eigenvalue weighted by Crippen LogP contribution is -2.54. The van der Waals surface area contributed by atoms with E-state index in [-0.39, 0.29) is 39.5 Å². The number of carbonyl (C=O) groups excluding carboxylic acids is 2. The highest BCUT2D eigenvalue weighted by molar-refractivity contribution is 7.92. The number of carbonyl (C=O) groups is 2. The van der Waals surface area contributed by atoms with E-state index in [4.69, 9.17) is 34.8 Å². The first-order valence-corrected chi connectivity index (χ1v) is 17.7. The summed E-state index contributed by atoms with van der Waals surface area (Å²) in [5, 5.41) is 2.62. The molecular weight excluding hydrogens is 722 g/mol. The monoisotopic (exact) mass is 753 g/mol. The molecule has 0 aliphatic heterocycles. The summed E-state index contributed by atoms with van der Waals surface area (Å²) in [5.41, 5.74) is -0.775. The molecular formula is C35H33Cl3F3N3O4S. The maximum atomic E-state index is 14.6. The molecule has 0 bridgehead atoms. The Labute approximate surface area is 298 Å². The van der Waals surface area contributed by atoms with E-state index in [0.717, 1.165) is 17.0 Å². The molecule has 1 N–H and O–H groups in total. The van der Waals surface area contributed by atoms with E-state index < -0.39 is 56.9 Å². The van der Waals surface area contributed by atoms with Gasteiger partial charge in [-0.3, -0.25) is 13.9 Å². The van der Waals surface area contributed by atoms with E-state index in [9.17, 15) is 31.2 Å². The van der Waals surface area contributed by atoms with Crippen molar-refractivity contribution in [2.24, 2.45) is 0 Å². The Morgan fingerprint density at radius 3 is 2.00 bits per heavy atom. The van der Waals surface area contributed by atoms with Gasteiger partial charge in [0.1, 0.15) is 12.6 Å². The number of sulfonamides is 1. The molecule has 4 rings (SSSR count). The van der Waals surface area contributed by atoms with Gasteiger partial charge in [0.2, 0.25) is 11.8 Å². The van der Waals surface area contributed by atoms with E-state index in [1.54, 1.807) is 61.5 Å². The number of hydrogen-bond acceptors (Lipinski definition) is 4. The molecule has 0 saturated heterocycles. The van der Waals surface area contributed by atoms with Crippen LogP contribution in [0.4, 0.5) is 18.9 Å². The summed E-state index contributed by atoms with van der Waals surface area (Å²) in [7, 11) is -4.65. The van der Waals surface area contributed by atoms with Gasteiger partial charge >= 0.3 is 6.18 Å². The lowest BCUT2D eigenvalue weighted by atomic mass is 10.0. The van der Waals surface area contributed by atoms with Crippen molar-refractivity contribution >= 4 is 62.3 Å². The van der Waals surface area contributed by atoms with Gasteiger partial charge in [-0.25, -0.2) is 8.42 Å². The second-order valence-corrected chi connectivity index (χ2v) is 14.3. The highest BCUT2D eigenvalue weighted by Gasteiger charge is 2.38. The summed E-state index contributed by atoms with van der Waals surface area (Å²) >= 11 is 18.9. The number of amides is 2. The van der Waals surface area contributed by atoms with Crippen molar-refractivity contribution in [3.63, 3.8) is 0 Å². The van der Waals surface area contributed by atoms with Crippen LogP contribution in [0.15, 0.2) is 102 Å². The fourth-order valence-corrected chi connectivity index (χ4v) is 7.15. The van der Waals surface area contributed by atoms with E-state index >= 15 is 0 Å². The molecule has 0 heterocycles. The van der Waals surface area contributed by atoms with Crippen molar-refractivity contribution < 1.29 is 31.2 Å². The average Bonchev–Trinajstić information content (AvgIpc) is 3.06. The zero-order chi connectivity index (χ0) is 35.9. The van der Waals surface area contributed by atoms with Gasteiger partial charge in [-0.1, -0.05) is 96.3 Å². The van der Waals surface area contributed by atoms with Crippen molar-refractivity contribution in [1.29, 1.82) is 0 Å². The molecule has 0 radical (unpaired) electrons. The number of benzene rings is 4. The SMILES string of the molecule is CC[C@@H](C)NC(=O)[C@H](Cc1ccccc1)N(Cc1c(Cl)cccc1Cl)C(=O)CN(c1ccc(Cl)c(C(F)(F)F)c1)S(=O)(=O)c1ccccc1. The number of anilines is 1. The molecule has 260 valence electrons. The lowest BCUT2D eigenvalue weighted by molar-refractivity contribution is -0.140. The van der Waals surface area contributed by atoms with Gasteiger partial charge in [0.15, 0.2) is 0 Å². The maximum Gasteiger partial charge on any atom is 0.417 e. The Morgan fingerprint density at radius 1 is 0.837 bits per heavy atom. The Kier molecular flexibility index (Phi) is 12.6. The van der Waals surface area contributed by atoms with Crippen LogP contribution >= 0.6 is 34.8 Å². The number of alkyl halides is 3. The standard InChI is InChI=1S/C35H33Cl3F3N3O4S/c1-3-23(2)42-34(46)32(19-24-11-6-4-7-12-24)43(21-27-29(36)15-10-16-30(27)37)33(45)22-44(49(47,48)26-13-8-5-9-14-26)25-17-18-31(38)28(20-25)35(39,40)41/h4-18,20,23,32H,3,19,21-22H2,1-2H3,(H,42,46)/t23-,32+/m1/s1. The molecule has 2 atom stereocenters. The summed E-state index contributed by atoms with van der Waals surface area (Å²) in [6.45, 7) is 2.36. The van der Waals surface area contributed by atoms with E-state index in [1.165, 1.54) is 24.3 Å². The van der Waals surface area contributed by atoms with Crippen molar-refractivity contribution in [2.75, 3.05) is 10.8 Å². The summed E-state index contributed by atoms with van der Waals surface area (Å²) in [6.07, 6.45) is -4.34. The van der Waals surface area contributed by atoms with Crippen molar-refractivity contribution in [1.82, 2.24) is 10.2 Å². The Morgan fingerprint density at radius 2 is 1.43 bits per heavy atom. The quantitative estimate of drug-likeness (QED) is 0.149. The molecule has 0 aromatic heterocycles. The number of rotatable bonds is 13. The fourth-order valence-electron chi connectivity index (χ4n) is 4.98. The van der Waals surface area contributed by atoms with Gasteiger partial charge in [-0.15, -0.1) is 0 Å². The Hall–Kier alpha value is -3.77. The first-order valence-electron chi connectivity index (χ1n) is 15.1. The van der Waals surface area contributed by atoms with Gasteiger partial charge in [-0.2, -0.15) is 13.2 Å². The van der Waals surface area contributed by atoms with Gasteiger partial charge in [-0.05, 0) is 61.4 Å². The van der Waals surface area contributed by atoms with Crippen LogP contribution in [0.2, 0.25) is 15.1 Å². The summed E-state index contributed by atoms with van der Waals surface area (Å²) in [4.78, 5) is 29.4. The van der Waals surface area contributed by atoms with Gasteiger partial charge in [0.25, 0.3) is 10.0 Å². The molecule has 4 aromatic rings. The molecule has 14 heteroatoms. The van der Waals surface area contributed by atoms with Crippen LogP contribution in [-0.4, -0.2) is 43.8 Å². The predicted molar refractivity (Wildman–Crippen MR) is 186 cm³/mol. The van der Waals surface area contributed by atoms with Crippen molar-refractivity contribution in [3.05, 3.63) is 129 Å². The fraction of sp³-hybridized carbons (Fsp3) is 0.257. The molecule has 0 unspecified atom stereocenters. The van der Waals surface area contributed by atoms with E-state index in [0.29, 0.717) is 22.4 Å². The van der Waals surface area contributed by atoms with Crippen LogP contribution in [-0.2, 0) is 38.8 Å². The summed E-state index contributed by atoms with van der Waals surface area (Å²) in [6, 6.07) is 21.6. The number of nitrogens with zero attached hydrogens (tertiary/aromatic N) is 2. The summed E-state index contributed by atoms with van der Waals surface area (Å²) in [5.74, 6) is -1.43. The van der Waals surface area contributed by atoms with Crippen molar-refractivity contribution in [2.45, 2.75) is 56.4 Å². The van der Waals surface area contributed by atoms with E-state index in [1.807, 2.05) is 6.92 Å². The van der Waals surface area contributed by atoms with Gasteiger partial charge in [0, 0.05) is 34.6 Å². The molecule has 0 fully saturated rings. The number of hydrogen-bond donors (Lipinski definition) is 1. The second kappa shape index (κ2) is 16.3. The first kappa shape index (κ1) is 38.0. The zero-order valence-corrected chi connectivity index (χ0v) is 29.5. The van der Waals surface area contributed by atoms with Gasteiger partial charge in [0.05, 0.1) is 21.2 Å². The van der Waals surface area contributed by atoms with Gasteiger partial charge < -0.3 is 10.2 Å². The normalized spacial score (nSPS) is 13.0. The first-order chi connectivity index (χ1) is 23.1. The third-order valence-electron chi connectivity index (χ3n) is 7.82. The third kappa shape index (κ3) is 9.48. The topological polar surface area (TPSA) is 86.8 Å². The number of halogens is 6. The molecule has 4 aromatic carbocycles. The highest BCUT2D eigenvalue weighted by atomic mass is 35.5. The molecule has 0 aliphatic carbocycles. The highest BCUT2D eigenvalue weighted by Crippen LogP contribution is 2.38. The predicted octanol–water partition coefficient (Wildman–Crippen LogP) is 8.42. The van der Waals surface area contributed by atoms with Crippen LogP contribution < -0.4 is 9.62 Å². The van der Waals surface area contributed by atoms with Crippen LogP contribution in [0.5, 0.6) is 0 Å². The molecule has 2 amide bonds. The average molecular weight is 755 g/mol. The summed E-state index contributed by atoms with van der Waals surface area (Å²) < 4.78 is 70.7. The smallest absolute Gasteiger partial charge is 0.352 e. The van der Waals surface area contributed by atoms with E-state index in [2.05, 4.69) is 5.32 Å². The zero-order valence-electron chi connectivity index (χ0n) is 26.4. The van der Waals surface area contributed by atoms with Crippen LogP contribution in [0, 0.1) is 0 Å². The minimum absolute atomic E-state index is 0.0154. The largest absolute Gasteiger partial charge is 0.417 e. The molecule has 7 nitrogen and oxygen atoms in total.